The monoisotopic (exact) mass is 305 g/mol. The number of rotatable bonds is 2. The first-order chi connectivity index (χ1) is 10.8. The van der Waals surface area contributed by atoms with Crippen molar-refractivity contribution in [3.8, 4) is 21.7 Å². The molecule has 0 radical (unpaired) electrons. The van der Waals surface area contributed by atoms with E-state index in [1.807, 2.05) is 36.5 Å². The molecular weight excluding hydrogens is 293 g/mol. The number of pyridine rings is 1. The van der Waals surface area contributed by atoms with Crippen LogP contribution in [-0.2, 0) is 0 Å². The Kier molecular flexibility index (Phi) is 3.20. The van der Waals surface area contributed by atoms with Crippen LogP contribution in [0.2, 0.25) is 0 Å². The van der Waals surface area contributed by atoms with Gasteiger partial charge >= 0.3 is 0 Å². The van der Waals surface area contributed by atoms with E-state index < -0.39 is 0 Å². The summed E-state index contributed by atoms with van der Waals surface area (Å²) >= 11 is 1.68. The average molecular weight is 305 g/mol. The Morgan fingerprint density at radius 1 is 0.818 bits per heavy atom. The molecule has 1 nitrogen and oxygen atoms in total. The van der Waals surface area contributed by atoms with Crippen LogP contribution in [0.1, 0.15) is 0 Å². The van der Waals surface area contributed by atoms with Crippen LogP contribution >= 0.6 is 11.3 Å². The third kappa shape index (κ3) is 2.40. The van der Waals surface area contributed by atoms with E-state index in [2.05, 4.69) is 29.2 Å². The predicted molar refractivity (Wildman–Crippen MR) is 90.5 cm³/mol. The normalized spacial score (nSPS) is 11.0. The van der Waals surface area contributed by atoms with Gasteiger partial charge in [-0.25, -0.2) is 4.39 Å². The van der Waals surface area contributed by atoms with Gasteiger partial charge in [0.05, 0.1) is 10.4 Å². The average Bonchev–Trinajstić information content (AvgIpc) is 2.99. The highest BCUT2D eigenvalue weighted by atomic mass is 32.1. The van der Waals surface area contributed by atoms with E-state index in [0.29, 0.717) is 0 Å². The van der Waals surface area contributed by atoms with E-state index in [1.165, 1.54) is 12.1 Å². The maximum absolute atomic E-state index is 13.0. The Morgan fingerprint density at radius 3 is 2.36 bits per heavy atom. The molecule has 0 aliphatic carbocycles. The van der Waals surface area contributed by atoms with Gasteiger partial charge < -0.3 is 0 Å². The molecule has 0 unspecified atom stereocenters. The van der Waals surface area contributed by atoms with Crippen LogP contribution in [0.15, 0.2) is 72.9 Å². The fraction of sp³-hybridized carbons (Fsp3) is 0. The second kappa shape index (κ2) is 5.35. The van der Waals surface area contributed by atoms with Crippen molar-refractivity contribution in [2.75, 3.05) is 0 Å². The molecule has 2 heterocycles. The minimum atomic E-state index is -0.210. The minimum absolute atomic E-state index is 0.210. The topological polar surface area (TPSA) is 12.9 Å². The highest BCUT2D eigenvalue weighted by Crippen LogP contribution is 2.34. The van der Waals surface area contributed by atoms with Crippen LogP contribution in [0.25, 0.3) is 31.8 Å². The van der Waals surface area contributed by atoms with Crippen LogP contribution in [0.5, 0.6) is 0 Å². The highest BCUT2D eigenvalue weighted by Gasteiger charge is 2.07. The molecule has 106 valence electrons. The third-order valence-electron chi connectivity index (χ3n) is 3.60. The summed E-state index contributed by atoms with van der Waals surface area (Å²) in [5.74, 6) is -0.210. The zero-order valence-corrected chi connectivity index (χ0v) is 12.5. The molecule has 3 heteroatoms. The van der Waals surface area contributed by atoms with Crippen molar-refractivity contribution in [3.63, 3.8) is 0 Å². The number of halogens is 1. The molecule has 0 spiro atoms. The van der Waals surface area contributed by atoms with Crippen molar-refractivity contribution in [2.24, 2.45) is 0 Å². The minimum Gasteiger partial charge on any atom is -0.255 e. The van der Waals surface area contributed by atoms with Crippen molar-refractivity contribution in [3.05, 3.63) is 78.7 Å². The SMILES string of the molecule is Fc1ccc(-c2cc3cc(-c4ccccc4)ncc3s2)cc1. The Bertz CT molecular complexity index is 927. The van der Waals surface area contributed by atoms with E-state index in [0.717, 1.165) is 31.8 Å². The van der Waals surface area contributed by atoms with Crippen molar-refractivity contribution >= 4 is 21.4 Å². The first-order valence-electron chi connectivity index (χ1n) is 7.00. The zero-order chi connectivity index (χ0) is 14.9. The van der Waals surface area contributed by atoms with Crippen LogP contribution < -0.4 is 0 Å². The lowest BCUT2D eigenvalue weighted by Gasteiger charge is -1.99. The first-order valence-corrected chi connectivity index (χ1v) is 7.82. The molecule has 0 saturated carbocycles. The number of fused-ring (bicyclic) bond motifs is 1. The van der Waals surface area contributed by atoms with E-state index in [9.17, 15) is 4.39 Å². The van der Waals surface area contributed by atoms with E-state index >= 15 is 0 Å². The summed E-state index contributed by atoms with van der Waals surface area (Å²) in [7, 11) is 0. The number of hydrogen-bond donors (Lipinski definition) is 0. The lowest BCUT2D eigenvalue weighted by Crippen LogP contribution is -1.81. The molecule has 0 aliphatic heterocycles. The van der Waals surface area contributed by atoms with Gasteiger partial charge in [-0.1, -0.05) is 42.5 Å². The zero-order valence-electron chi connectivity index (χ0n) is 11.7. The number of thiophene rings is 1. The Labute approximate surface area is 131 Å². The van der Waals surface area contributed by atoms with Gasteiger partial charge in [0.2, 0.25) is 0 Å². The standard InChI is InChI=1S/C19H12FNS/c20-16-8-6-14(7-9-16)18-11-15-10-17(21-12-19(15)22-18)13-4-2-1-3-5-13/h1-12H. The van der Waals surface area contributed by atoms with Crippen LogP contribution in [0.3, 0.4) is 0 Å². The van der Waals surface area contributed by atoms with Crippen LogP contribution in [0, 0.1) is 5.82 Å². The molecule has 0 aliphatic rings. The quantitative estimate of drug-likeness (QED) is 0.458. The summed E-state index contributed by atoms with van der Waals surface area (Å²) in [6.45, 7) is 0. The predicted octanol–water partition coefficient (Wildman–Crippen LogP) is 5.77. The van der Waals surface area contributed by atoms with Crippen molar-refractivity contribution < 1.29 is 4.39 Å². The van der Waals surface area contributed by atoms with Crippen molar-refractivity contribution in [1.82, 2.24) is 4.98 Å². The molecule has 2 aromatic carbocycles. The summed E-state index contributed by atoms with van der Waals surface area (Å²) in [6, 6.07) is 21.0. The van der Waals surface area contributed by atoms with Gasteiger partial charge in [0.15, 0.2) is 0 Å². The molecule has 0 fully saturated rings. The van der Waals surface area contributed by atoms with E-state index in [1.54, 1.807) is 11.3 Å². The maximum atomic E-state index is 13.0. The summed E-state index contributed by atoms with van der Waals surface area (Å²) in [4.78, 5) is 5.68. The second-order valence-corrected chi connectivity index (χ2v) is 6.17. The van der Waals surface area contributed by atoms with Gasteiger partial charge in [0, 0.05) is 16.6 Å². The summed E-state index contributed by atoms with van der Waals surface area (Å²) < 4.78 is 14.2. The Hall–Kier alpha value is -2.52. The highest BCUT2D eigenvalue weighted by molar-refractivity contribution is 7.22. The van der Waals surface area contributed by atoms with Crippen LogP contribution in [0.4, 0.5) is 4.39 Å². The molecule has 0 bridgehead atoms. The first kappa shape index (κ1) is 13.2. The number of hydrogen-bond acceptors (Lipinski definition) is 2. The smallest absolute Gasteiger partial charge is 0.123 e. The van der Waals surface area contributed by atoms with Crippen molar-refractivity contribution in [2.45, 2.75) is 0 Å². The fourth-order valence-corrected chi connectivity index (χ4v) is 3.49. The molecule has 4 rings (SSSR count). The molecule has 2 aromatic heterocycles. The number of nitrogens with zero attached hydrogens (tertiary/aromatic N) is 1. The fourth-order valence-electron chi connectivity index (χ4n) is 2.47. The summed E-state index contributed by atoms with van der Waals surface area (Å²) in [5, 5.41) is 1.16. The lowest BCUT2D eigenvalue weighted by molar-refractivity contribution is 0.628. The second-order valence-electron chi connectivity index (χ2n) is 5.09. The molecule has 0 atom stereocenters. The van der Waals surface area contributed by atoms with Gasteiger partial charge in [-0.3, -0.25) is 4.98 Å². The van der Waals surface area contributed by atoms with E-state index in [-0.39, 0.29) is 5.82 Å². The number of aromatic nitrogens is 1. The molecule has 0 saturated heterocycles. The largest absolute Gasteiger partial charge is 0.255 e. The van der Waals surface area contributed by atoms with Gasteiger partial charge in [-0.2, -0.15) is 0 Å². The molecule has 0 N–H and O–H groups in total. The summed E-state index contributed by atoms with van der Waals surface area (Å²) in [5.41, 5.74) is 3.11. The van der Waals surface area contributed by atoms with Gasteiger partial charge in [-0.15, -0.1) is 11.3 Å². The van der Waals surface area contributed by atoms with Gasteiger partial charge in [0.1, 0.15) is 5.82 Å². The van der Waals surface area contributed by atoms with Crippen molar-refractivity contribution in [1.29, 1.82) is 0 Å². The molecule has 0 amide bonds. The third-order valence-corrected chi connectivity index (χ3v) is 4.74. The Balaban J connectivity index is 1.80. The van der Waals surface area contributed by atoms with Gasteiger partial charge in [0.25, 0.3) is 0 Å². The molecule has 22 heavy (non-hydrogen) atoms. The molecular formula is C19H12FNS. The number of benzene rings is 2. The summed E-state index contributed by atoms with van der Waals surface area (Å²) in [6.07, 6.45) is 1.91. The van der Waals surface area contributed by atoms with Crippen LogP contribution in [-0.4, -0.2) is 4.98 Å². The lowest BCUT2D eigenvalue weighted by atomic mass is 10.1. The van der Waals surface area contributed by atoms with Gasteiger partial charge in [-0.05, 0) is 35.2 Å². The van der Waals surface area contributed by atoms with E-state index in [4.69, 9.17) is 0 Å². The Morgan fingerprint density at radius 2 is 1.59 bits per heavy atom. The maximum Gasteiger partial charge on any atom is 0.123 e. The molecule has 4 aromatic rings.